The van der Waals surface area contributed by atoms with Crippen molar-refractivity contribution in [2.75, 3.05) is 6.61 Å². The summed E-state index contributed by atoms with van der Waals surface area (Å²) in [6, 6.07) is 5.01. The molecule has 0 aliphatic carbocycles. The summed E-state index contributed by atoms with van der Waals surface area (Å²) in [5.41, 5.74) is 2.03. The Morgan fingerprint density at radius 2 is 1.87 bits per heavy atom. The first kappa shape index (κ1) is 12.2. The molecular weight excluding hydrogens is 212 g/mol. The molecule has 3 nitrogen and oxygen atoms in total. The van der Waals surface area contributed by atoms with Gasteiger partial charge in [-0.15, -0.1) is 0 Å². The first-order chi connectivity index (χ1) is 6.97. The van der Waals surface area contributed by atoms with Crippen molar-refractivity contribution in [3.05, 3.63) is 29.3 Å². The maximum atomic E-state index is 11.6. The predicted octanol–water partition coefficient (Wildman–Crippen LogP) is 2.42. The summed E-state index contributed by atoms with van der Waals surface area (Å²) in [4.78, 5) is 0.235. The third-order valence-electron chi connectivity index (χ3n) is 2.21. The Morgan fingerprint density at radius 3 is 2.40 bits per heavy atom. The maximum Gasteiger partial charge on any atom is 0.296 e. The minimum atomic E-state index is -3.56. The second-order valence-corrected chi connectivity index (χ2v) is 5.14. The van der Waals surface area contributed by atoms with Crippen molar-refractivity contribution in [1.82, 2.24) is 0 Å². The van der Waals surface area contributed by atoms with E-state index in [4.69, 9.17) is 4.18 Å². The topological polar surface area (TPSA) is 43.4 Å². The molecule has 4 heteroatoms. The van der Waals surface area contributed by atoms with Crippen LogP contribution in [0.1, 0.15) is 24.5 Å². The molecule has 0 aromatic heterocycles. The fourth-order valence-corrected chi connectivity index (χ4v) is 2.21. The molecule has 84 valence electrons. The molecule has 0 N–H and O–H groups in total. The molecule has 1 rings (SSSR count). The molecule has 0 unspecified atom stereocenters. The van der Waals surface area contributed by atoms with Crippen LogP contribution in [0.2, 0.25) is 0 Å². The molecule has 1 aromatic rings. The zero-order valence-electron chi connectivity index (χ0n) is 9.28. The van der Waals surface area contributed by atoms with Crippen molar-refractivity contribution in [1.29, 1.82) is 0 Å². The zero-order valence-corrected chi connectivity index (χ0v) is 10.1. The smallest absolute Gasteiger partial charge is 0.266 e. The van der Waals surface area contributed by atoms with Crippen LogP contribution in [0.4, 0.5) is 0 Å². The van der Waals surface area contributed by atoms with Gasteiger partial charge in [-0.2, -0.15) is 8.42 Å². The Labute approximate surface area is 91.2 Å². The van der Waals surface area contributed by atoms with Crippen LogP contribution in [-0.2, 0) is 14.3 Å². The second kappa shape index (κ2) is 4.77. The third kappa shape index (κ3) is 3.04. The fraction of sp³-hybridized carbons (Fsp3) is 0.455. The summed E-state index contributed by atoms with van der Waals surface area (Å²) in [5, 5.41) is 0. The van der Waals surface area contributed by atoms with Crippen molar-refractivity contribution in [2.45, 2.75) is 32.1 Å². The lowest BCUT2D eigenvalue weighted by Crippen LogP contribution is -2.07. The van der Waals surface area contributed by atoms with Gasteiger partial charge in [0.2, 0.25) is 0 Å². The highest BCUT2D eigenvalue weighted by atomic mass is 32.2. The highest BCUT2D eigenvalue weighted by Crippen LogP contribution is 2.16. The monoisotopic (exact) mass is 228 g/mol. The molecule has 0 aliphatic rings. The van der Waals surface area contributed by atoms with Gasteiger partial charge in [-0.3, -0.25) is 4.18 Å². The van der Waals surface area contributed by atoms with Gasteiger partial charge < -0.3 is 0 Å². The molecule has 0 saturated heterocycles. The summed E-state index contributed by atoms with van der Waals surface area (Å²) >= 11 is 0. The van der Waals surface area contributed by atoms with Gasteiger partial charge in [0.1, 0.15) is 0 Å². The standard InChI is InChI=1S/C11H16O3S/c1-4-7-14-15(12,13)11-6-5-9(2)10(3)8-11/h5-6,8H,4,7H2,1-3H3. The van der Waals surface area contributed by atoms with Gasteiger partial charge in [0.15, 0.2) is 0 Å². The van der Waals surface area contributed by atoms with E-state index in [-0.39, 0.29) is 11.5 Å². The van der Waals surface area contributed by atoms with Crippen LogP contribution in [0.5, 0.6) is 0 Å². The van der Waals surface area contributed by atoms with E-state index in [1.807, 2.05) is 20.8 Å². The van der Waals surface area contributed by atoms with Crippen molar-refractivity contribution < 1.29 is 12.6 Å². The summed E-state index contributed by atoms with van der Waals surface area (Å²) in [6.45, 7) is 5.93. The summed E-state index contributed by atoms with van der Waals surface area (Å²) in [5.74, 6) is 0. The van der Waals surface area contributed by atoms with Gasteiger partial charge in [0, 0.05) is 0 Å². The summed E-state index contributed by atoms with van der Waals surface area (Å²) in [7, 11) is -3.56. The third-order valence-corrected chi connectivity index (χ3v) is 3.52. The lowest BCUT2D eigenvalue weighted by Gasteiger charge is -2.06. The van der Waals surface area contributed by atoms with Crippen molar-refractivity contribution in [3.63, 3.8) is 0 Å². The second-order valence-electron chi connectivity index (χ2n) is 3.52. The molecular formula is C11H16O3S. The van der Waals surface area contributed by atoms with Gasteiger partial charge >= 0.3 is 0 Å². The van der Waals surface area contributed by atoms with Crippen molar-refractivity contribution in [2.24, 2.45) is 0 Å². The van der Waals surface area contributed by atoms with E-state index >= 15 is 0 Å². The van der Waals surface area contributed by atoms with Gasteiger partial charge in [-0.05, 0) is 43.5 Å². The van der Waals surface area contributed by atoms with Gasteiger partial charge in [0.25, 0.3) is 10.1 Å². The number of aryl methyl sites for hydroxylation is 2. The van der Waals surface area contributed by atoms with Gasteiger partial charge in [-0.1, -0.05) is 13.0 Å². The number of hydrogen-bond acceptors (Lipinski definition) is 3. The van der Waals surface area contributed by atoms with E-state index in [9.17, 15) is 8.42 Å². The molecule has 15 heavy (non-hydrogen) atoms. The van der Waals surface area contributed by atoms with Crippen molar-refractivity contribution in [3.8, 4) is 0 Å². The normalized spacial score (nSPS) is 11.7. The number of benzene rings is 1. The first-order valence-electron chi connectivity index (χ1n) is 4.94. The number of rotatable bonds is 4. The lowest BCUT2D eigenvalue weighted by atomic mass is 10.1. The van der Waals surface area contributed by atoms with Gasteiger partial charge in [0.05, 0.1) is 11.5 Å². The van der Waals surface area contributed by atoms with Crippen LogP contribution in [-0.4, -0.2) is 15.0 Å². The van der Waals surface area contributed by atoms with Crippen LogP contribution in [0.15, 0.2) is 23.1 Å². The highest BCUT2D eigenvalue weighted by Gasteiger charge is 2.14. The Kier molecular flexibility index (Phi) is 3.88. The molecule has 0 radical (unpaired) electrons. The molecule has 0 atom stereocenters. The quantitative estimate of drug-likeness (QED) is 0.743. The van der Waals surface area contributed by atoms with Crippen LogP contribution in [0.3, 0.4) is 0 Å². The summed E-state index contributed by atoms with van der Waals surface area (Å²) < 4.78 is 28.1. The predicted molar refractivity (Wildman–Crippen MR) is 59.3 cm³/mol. The molecule has 0 spiro atoms. The SMILES string of the molecule is CCCOS(=O)(=O)c1ccc(C)c(C)c1. The first-order valence-corrected chi connectivity index (χ1v) is 6.35. The van der Waals surface area contributed by atoms with Crippen molar-refractivity contribution >= 4 is 10.1 Å². The minimum Gasteiger partial charge on any atom is -0.266 e. The molecule has 0 heterocycles. The lowest BCUT2D eigenvalue weighted by molar-refractivity contribution is 0.318. The van der Waals surface area contributed by atoms with E-state index < -0.39 is 10.1 Å². The molecule has 0 aliphatic heterocycles. The zero-order chi connectivity index (χ0) is 11.5. The summed E-state index contributed by atoms with van der Waals surface area (Å²) in [6.07, 6.45) is 0.685. The Bertz CT molecular complexity index is 435. The average molecular weight is 228 g/mol. The largest absolute Gasteiger partial charge is 0.296 e. The highest BCUT2D eigenvalue weighted by molar-refractivity contribution is 7.86. The average Bonchev–Trinajstić information content (AvgIpc) is 2.19. The number of hydrogen-bond donors (Lipinski definition) is 0. The van der Waals surface area contributed by atoms with Crippen LogP contribution < -0.4 is 0 Å². The maximum absolute atomic E-state index is 11.6. The molecule has 0 fully saturated rings. The van der Waals surface area contributed by atoms with E-state index in [0.29, 0.717) is 6.42 Å². The van der Waals surface area contributed by atoms with Crippen LogP contribution >= 0.6 is 0 Å². The molecule has 0 saturated carbocycles. The molecule has 0 bridgehead atoms. The van der Waals surface area contributed by atoms with Gasteiger partial charge in [-0.25, -0.2) is 0 Å². The van der Waals surface area contributed by atoms with Crippen LogP contribution in [0, 0.1) is 13.8 Å². The molecule has 1 aromatic carbocycles. The Balaban J connectivity index is 3.00. The van der Waals surface area contributed by atoms with E-state index in [1.165, 1.54) is 0 Å². The molecule has 0 amide bonds. The van der Waals surface area contributed by atoms with Crippen LogP contribution in [0.25, 0.3) is 0 Å². The van der Waals surface area contributed by atoms with E-state index in [2.05, 4.69) is 0 Å². The fourth-order valence-electron chi connectivity index (χ4n) is 1.13. The minimum absolute atomic E-state index is 0.231. The Hall–Kier alpha value is -0.870. The van der Waals surface area contributed by atoms with E-state index in [1.54, 1.807) is 18.2 Å². The van der Waals surface area contributed by atoms with E-state index in [0.717, 1.165) is 11.1 Å². The Morgan fingerprint density at radius 1 is 1.20 bits per heavy atom.